The van der Waals surface area contributed by atoms with Gasteiger partial charge in [-0.1, -0.05) is 196 Å². The molecule has 3 bridgehead atoms. The van der Waals surface area contributed by atoms with Crippen molar-refractivity contribution in [3.05, 3.63) is 229 Å². The van der Waals surface area contributed by atoms with Gasteiger partial charge in [-0.3, -0.25) is 0 Å². The van der Waals surface area contributed by atoms with Crippen LogP contribution in [0, 0.1) is 17.3 Å². The third-order valence-corrected chi connectivity index (χ3v) is 14.7. The van der Waals surface area contributed by atoms with Gasteiger partial charge in [-0.05, 0) is 103 Å². The average Bonchev–Trinajstić information content (AvgIpc) is 3.72. The van der Waals surface area contributed by atoms with Crippen molar-refractivity contribution in [2.24, 2.45) is 17.3 Å². The number of hydrogen-bond donors (Lipinski definition) is 1. The number of hydrogen-bond acceptors (Lipinski definition) is 1. The Kier molecular flexibility index (Phi) is 7.81. The minimum Gasteiger partial charge on any atom is -0.354 e. The highest BCUT2D eigenvalue weighted by atomic mass is 15.2. The molecular formula is C61H44N2. The van der Waals surface area contributed by atoms with Crippen molar-refractivity contribution >= 4 is 44.3 Å². The Bertz CT molecular complexity index is 3480. The fourth-order valence-electron chi connectivity index (χ4n) is 11.8. The molecule has 298 valence electrons. The van der Waals surface area contributed by atoms with Gasteiger partial charge in [-0.2, -0.15) is 0 Å². The zero-order valence-corrected chi connectivity index (χ0v) is 35.3. The summed E-state index contributed by atoms with van der Waals surface area (Å²) in [7, 11) is 0. The molecule has 13 rings (SSSR count). The predicted octanol–water partition coefficient (Wildman–Crippen LogP) is 16.3. The van der Waals surface area contributed by atoms with E-state index in [2.05, 4.69) is 236 Å². The highest BCUT2D eigenvalue weighted by Crippen LogP contribution is 2.60. The number of aromatic nitrogens is 1. The minimum atomic E-state index is -0.206. The van der Waals surface area contributed by atoms with E-state index in [4.69, 9.17) is 0 Å². The van der Waals surface area contributed by atoms with Gasteiger partial charge in [0.25, 0.3) is 0 Å². The van der Waals surface area contributed by atoms with Gasteiger partial charge >= 0.3 is 0 Å². The van der Waals surface area contributed by atoms with Crippen molar-refractivity contribution in [1.29, 1.82) is 0 Å². The molecule has 3 unspecified atom stereocenters. The average molecular weight is 805 g/mol. The molecule has 63 heavy (non-hydrogen) atoms. The van der Waals surface area contributed by atoms with Crippen LogP contribution in [0.2, 0.25) is 0 Å². The molecule has 0 saturated carbocycles. The number of fused-ring (bicyclic) bond motifs is 15. The quantitative estimate of drug-likeness (QED) is 0.188. The first-order valence-electron chi connectivity index (χ1n) is 22.3. The summed E-state index contributed by atoms with van der Waals surface area (Å²) in [6.07, 6.45) is 12.2. The van der Waals surface area contributed by atoms with Crippen molar-refractivity contribution in [1.82, 2.24) is 4.98 Å². The van der Waals surface area contributed by atoms with Gasteiger partial charge in [0.2, 0.25) is 0 Å². The zero-order valence-electron chi connectivity index (χ0n) is 35.3. The zero-order chi connectivity index (χ0) is 41.8. The van der Waals surface area contributed by atoms with Crippen LogP contribution in [0.15, 0.2) is 218 Å². The molecule has 0 amide bonds. The van der Waals surface area contributed by atoms with Crippen molar-refractivity contribution in [3.8, 4) is 55.6 Å². The first kappa shape index (κ1) is 36.0. The van der Waals surface area contributed by atoms with E-state index < -0.39 is 0 Å². The van der Waals surface area contributed by atoms with E-state index in [0.717, 1.165) is 11.2 Å². The summed E-state index contributed by atoms with van der Waals surface area (Å²) in [4.78, 5) is 6.41. The number of rotatable bonds is 3. The monoisotopic (exact) mass is 804 g/mol. The lowest BCUT2D eigenvalue weighted by Gasteiger charge is -2.51. The summed E-state index contributed by atoms with van der Waals surface area (Å²) in [5.74, 6) is 0.517. The van der Waals surface area contributed by atoms with Crippen LogP contribution in [0.25, 0.3) is 88.6 Å². The molecule has 0 saturated heterocycles. The normalized spacial score (nSPS) is 19.2. The van der Waals surface area contributed by atoms with Crippen LogP contribution in [0.1, 0.15) is 25.0 Å². The Balaban J connectivity index is 1.01. The maximum absolute atomic E-state index is 3.87. The summed E-state index contributed by atoms with van der Waals surface area (Å²) in [6.45, 7) is 4.84. The van der Waals surface area contributed by atoms with Crippen LogP contribution in [0.3, 0.4) is 0 Å². The largest absolute Gasteiger partial charge is 0.354 e. The van der Waals surface area contributed by atoms with Gasteiger partial charge in [0.15, 0.2) is 0 Å². The van der Waals surface area contributed by atoms with E-state index >= 15 is 0 Å². The summed E-state index contributed by atoms with van der Waals surface area (Å²) in [5, 5.41) is 2.50. The maximum atomic E-state index is 3.87. The van der Waals surface area contributed by atoms with Gasteiger partial charge in [0.1, 0.15) is 0 Å². The van der Waals surface area contributed by atoms with Crippen LogP contribution in [-0.2, 0) is 0 Å². The first-order chi connectivity index (χ1) is 31.1. The van der Waals surface area contributed by atoms with Crippen LogP contribution >= 0.6 is 0 Å². The SMILES string of the molecule is CC1C=CC2=CC13C(c1ccccc1)=CC=C(C3C)N(c1ccc(-c3cccc4c3-c3ccccc3-c3c(ccc5c3[nH]c3ccccc35)-c3ccccc3-4)cc1)c1ccccc12. The van der Waals surface area contributed by atoms with Crippen molar-refractivity contribution in [2.75, 3.05) is 4.90 Å². The number of anilines is 2. The molecule has 1 spiro atoms. The van der Waals surface area contributed by atoms with E-state index in [-0.39, 0.29) is 11.3 Å². The third kappa shape index (κ3) is 5.13. The summed E-state index contributed by atoms with van der Waals surface area (Å²) < 4.78 is 0. The Labute approximate surface area is 368 Å². The minimum absolute atomic E-state index is 0.206. The van der Waals surface area contributed by atoms with Crippen molar-refractivity contribution in [2.45, 2.75) is 13.8 Å². The molecule has 1 N–H and O–H groups in total. The molecule has 9 aromatic rings. The van der Waals surface area contributed by atoms with Gasteiger partial charge in [0.05, 0.1) is 11.2 Å². The van der Waals surface area contributed by atoms with E-state index in [1.165, 1.54) is 106 Å². The van der Waals surface area contributed by atoms with Crippen molar-refractivity contribution < 1.29 is 0 Å². The second-order valence-corrected chi connectivity index (χ2v) is 17.7. The predicted molar refractivity (Wildman–Crippen MR) is 266 cm³/mol. The second-order valence-electron chi connectivity index (χ2n) is 17.7. The van der Waals surface area contributed by atoms with Crippen LogP contribution < -0.4 is 4.90 Å². The number of aromatic amines is 1. The van der Waals surface area contributed by atoms with E-state index in [1.54, 1.807) is 0 Å². The lowest BCUT2D eigenvalue weighted by atomic mass is 9.56. The lowest BCUT2D eigenvalue weighted by Crippen LogP contribution is -2.42. The second kappa shape index (κ2) is 13.7. The molecule has 3 aliphatic carbocycles. The number of allylic oxidation sites excluding steroid dienone is 8. The van der Waals surface area contributed by atoms with Crippen LogP contribution in [0.4, 0.5) is 11.4 Å². The molecular weight excluding hydrogens is 761 g/mol. The maximum Gasteiger partial charge on any atom is 0.0551 e. The van der Waals surface area contributed by atoms with Gasteiger partial charge in [0, 0.05) is 50.1 Å². The van der Waals surface area contributed by atoms with Gasteiger partial charge in [-0.15, -0.1) is 0 Å². The number of nitrogens with one attached hydrogen (secondary N) is 1. The fourth-order valence-corrected chi connectivity index (χ4v) is 11.8. The molecule has 2 nitrogen and oxygen atoms in total. The summed E-state index contributed by atoms with van der Waals surface area (Å²) in [5.41, 5.74) is 23.4. The Morgan fingerprint density at radius 3 is 1.90 bits per heavy atom. The molecule has 1 aliphatic heterocycles. The number of H-pyrrole nitrogens is 1. The Morgan fingerprint density at radius 1 is 0.476 bits per heavy atom. The molecule has 2 heteroatoms. The third-order valence-electron chi connectivity index (χ3n) is 14.7. The van der Waals surface area contributed by atoms with Crippen LogP contribution in [-0.4, -0.2) is 4.98 Å². The molecule has 3 atom stereocenters. The van der Waals surface area contributed by atoms with E-state index in [0.29, 0.717) is 5.92 Å². The summed E-state index contributed by atoms with van der Waals surface area (Å²) in [6, 6.07) is 67.6. The molecule has 2 heterocycles. The fraction of sp³-hybridized carbons (Fsp3) is 0.0820. The number of nitrogens with zero attached hydrogens (tertiary/aromatic N) is 1. The first-order valence-corrected chi connectivity index (χ1v) is 22.3. The lowest BCUT2D eigenvalue weighted by molar-refractivity contribution is 0.293. The molecule has 1 aromatic heterocycles. The topological polar surface area (TPSA) is 19.0 Å². The van der Waals surface area contributed by atoms with Gasteiger partial charge in [-0.25, -0.2) is 0 Å². The number of benzene rings is 8. The van der Waals surface area contributed by atoms with Crippen LogP contribution in [0.5, 0.6) is 0 Å². The summed E-state index contributed by atoms with van der Waals surface area (Å²) >= 11 is 0. The smallest absolute Gasteiger partial charge is 0.0551 e. The van der Waals surface area contributed by atoms with E-state index in [1.807, 2.05) is 0 Å². The van der Waals surface area contributed by atoms with Gasteiger partial charge < -0.3 is 9.88 Å². The molecule has 0 fully saturated rings. The number of para-hydroxylation sites is 2. The highest BCUT2D eigenvalue weighted by Gasteiger charge is 2.49. The molecule has 8 aromatic carbocycles. The molecule has 0 radical (unpaired) electrons. The molecule has 4 aliphatic rings. The van der Waals surface area contributed by atoms with E-state index in [9.17, 15) is 0 Å². The highest BCUT2D eigenvalue weighted by molar-refractivity contribution is 6.18. The Hall–Kier alpha value is -7.68. The standard InChI is InChI=1S/C61H44N2/c1-38-27-28-42-37-61(38)39(2)56(36-35-54(61)41-15-4-3-5-16-41)63(57-26-13-11-17-44(42)57)43-31-29-40(30-32-43)45-23-14-24-49-46-18-6-7-19-47(46)52-33-34-53-48-20-10-12-25-55(48)62-60(53)59(52)51-22-9-8-21-50(51)58(45)49/h3-39,62H,1-2H3. The van der Waals surface area contributed by atoms with Crippen molar-refractivity contribution in [3.63, 3.8) is 0 Å². The Morgan fingerprint density at radius 2 is 1.11 bits per heavy atom.